The van der Waals surface area contributed by atoms with Gasteiger partial charge in [-0.1, -0.05) is 19.9 Å². The number of thiophene rings is 1. The lowest BCUT2D eigenvalue weighted by Crippen LogP contribution is -2.44. The Morgan fingerprint density at radius 3 is 2.79 bits per heavy atom. The number of carbonyl (C=O) groups excluding carboxylic acids is 2. The summed E-state index contributed by atoms with van der Waals surface area (Å²) in [6.07, 6.45) is 0.437. The van der Waals surface area contributed by atoms with E-state index >= 15 is 0 Å². The van der Waals surface area contributed by atoms with Crippen molar-refractivity contribution in [2.75, 3.05) is 7.11 Å². The van der Waals surface area contributed by atoms with Crippen LogP contribution in [-0.2, 0) is 20.9 Å². The van der Waals surface area contributed by atoms with Crippen molar-refractivity contribution in [3.05, 3.63) is 28.1 Å². The Morgan fingerprint density at radius 2 is 2.21 bits per heavy atom. The lowest BCUT2D eigenvalue weighted by Gasteiger charge is -2.18. The van der Waals surface area contributed by atoms with Gasteiger partial charge in [0.15, 0.2) is 0 Å². The van der Waals surface area contributed by atoms with Gasteiger partial charge in [0, 0.05) is 0 Å². The summed E-state index contributed by atoms with van der Waals surface area (Å²) < 4.78 is 10.6. The Morgan fingerprint density at radius 1 is 1.46 bits per heavy atom. The van der Waals surface area contributed by atoms with Crippen molar-refractivity contribution in [1.29, 1.82) is 0 Å². The molecule has 2 heterocycles. The molecule has 2 rings (SSSR count). The maximum absolute atomic E-state index is 12.1. The van der Waals surface area contributed by atoms with Gasteiger partial charge in [-0.3, -0.25) is 4.79 Å². The van der Waals surface area contributed by atoms with Crippen LogP contribution in [0.4, 0.5) is 0 Å². The van der Waals surface area contributed by atoms with Gasteiger partial charge in [-0.15, -0.1) is 16.4 Å². The third-order valence-electron chi connectivity index (χ3n) is 3.16. The summed E-state index contributed by atoms with van der Waals surface area (Å²) in [4.78, 5) is 36.3. The first kappa shape index (κ1) is 17.9. The van der Waals surface area contributed by atoms with E-state index in [1.807, 2.05) is 19.2 Å². The van der Waals surface area contributed by atoms with E-state index in [9.17, 15) is 14.4 Å². The largest absolute Gasteiger partial charge is 0.467 e. The number of esters is 1. The number of aromatic nitrogens is 2. The van der Waals surface area contributed by atoms with E-state index in [1.165, 1.54) is 18.4 Å². The summed E-state index contributed by atoms with van der Waals surface area (Å²) >= 11 is 1.37. The van der Waals surface area contributed by atoms with E-state index < -0.39 is 23.7 Å². The lowest BCUT2D eigenvalue weighted by molar-refractivity contribution is -0.145. The fourth-order valence-corrected chi connectivity index (χ4v) is 2.75. The minimum atomic E-state index is -0.762. The second-order valence-electron chi connectivity index (χ2n) is 5.58. The zero-order chi connectivity index (χ0) is 17.7. The summed E-state index contributed by atoms with van der Waals surface area (Å²) in [5, 5.41) is 8.39. The smallest absolute Gasteiger partial charge is 0.437 e. The van der Waals surface area contributed by atoms with Gasteiger partial charge in [-0.05, 0) is 23.8 Å². The molecule has 2 aromatic heterocycles. The summed E-state index contributed by atoms with van der Waals surface area (Å²) in [5.74, 6) is -1.42. The number of nitrogens with one attached hydrogen (secondary N) is 1. The minimum absolute atomic E-state index is 0.162. The lowest BCUT2D eigenvalue weighted by atomic mass is 10.0. The molecule has 0 saturated carbocycles. The standard InChI is InChI=1S/C15H19N3O5S/c1-9(2)7-10(14(20)22-3)16-12(19)8-18-15(21)23-13(17-18)11-5-4-6-24-11/h4-6,9-10H,7-8H2,1-3H3,(H,16,19)/t10-/m0/s1. The Balaban J connectivity index is 2.06. The normalized spacial score (nSPS) is 12.2. The van der Waals surface area contributed by atoms with Crippen LogP contribution in [0, 0.1) is 5.92 Å². The highest BCUT2D eigenvalue weighted by Gasteiger charge is 2.23. The molecule has 24 heavy (non-hydrogen) atoms. The van der Waals surface area contributed by atoms with Gasteiger partial charge >= 0.3 is 11.7 Å². The molecule has 0 aromatic carbocycles. The Bertz CT molecular complexity index is 748. The second-order valence-corrected chi connectivity index (χ2v) is 6.53. The molecule has 130 valence electrons. The summed E-state index contributed by atoms with van der Waals surface area (Å²) in [6.45, 7) is 3.52. The van der Waals surface area contributed by atoms with Crippen molar-refractivity contribution in [2.24, 2.45) is 5.92 Å². The monoisotopic (exact) mass is 353 g/mol. The fraction of sp³-hybridized carbons (Fsp3) is 0.467. The van der Waals surface area contributed by atoms with E-state index in [1.54, 1.807) is 12.1 Å². The van der Waals surface area contributed by atoms with E-state index in [4.69, 9.17) is 4.42 Å². The molecule has 0 aliphatic rings. The number of nitrogens with zero attached hydrogens (tertiary/aromatic N) is 2. The molecule has 0 aliphatic heterocycles. The number of carbonyl (C=O) groups is 2. The SMILES string of the molecule is COC(=O)[C@H](CC(C)C)NC(=O)Cn1nc(-c2cccs2)oc1=O. The van der Waals surface area contributed by atoms with Crippen molar-refractivity contribution in [3.8, 4) is 10.8 Å². The highest BCUT2D eigenvalue weighted by molar-refractivity contribution is 7.13. The van der Waals surface area contributed by atoms with E-state index in [2.05, 4.69) is 15.2 Å². The van der Waals surface area contributed by atoms with Crippen molar-refractivity contribution in [1.82, 2.24) is 15.1 Å². The zero-order valence-corrected chi connectivity index (χ0v) is 14.5. The van der Waals surface area contributed by atoms with Crippen LogP contribution in [0.2, 0.25) is 0 Å². The molecular weight excluding hydrogens is 334 g/mol. The predicted octanol–water partition coefficient (Wildman–Crippen LogP) is 1.27. The second kappa shape index (κ2) is 7.91. The molecule has 0 saturated heterocycles. The topological polar surface area (TPSA) is 103 Å². The molecule has 0 aliphatic carbocycles. The molecule has 1 amide bonds. The molecule has 0 unspecified atom stereocenters. The third-order valence-corrected chi connectivity index (χ3v) is 4.02. The van der Waals surface area contributed by atoms with Crippen molar-refractivity contribution >= 4 is 23.2 Å². The maximum atomic E-state index is 12.1. The average Bonchev–Trinajstić information content (AvgIpc) is 3.15. The first-order valence-electron chi connectivity index (χ1n) is 7.39. The number of amides is 1. The molecule has 8 nitrogen and oxygen atoms in total. The van der Waals surface area contributed by atoms with Crippen LogP contribution in [-0.4, -0.2) is 34.8 Å². The van der Waals surface area contributed by atoms with Gasteiger partial charge < -0.3 is 14.5 Å². The van der Waals surface area contributed by atoms with Crippen LogP contribution in [0.15, 0.2) is 26.7 Å². The molecule has 0 bridgehead atoms. The zero-order valence-electron chi connectivity index (χ0n) is 13.6. The van der Waals surface area contributed by atoms with Gasteiger partial charge in [0.1, 0.15) is 12.6 Å². The molecule has 0 spiro atoms. The van der Waals surface area contributed by atoms with Crippen molar-refractivity contribution < 1.29 is 18.7 Å². The van der Waals surface area contributed by atoms with Gasteiger partial charge in [-0.2, -0.15) is 4.68 Å². The van der Waals surface area contributed by atoms with Gasteiger partial charge in [-0.25, -0.2) is 9.59 Å². The highest BCUT2D eigenvalue weighted by Crippen LogP contribution is 2.20. The molecule has 0 radical (unpaired) electrons. The van der Waals surface area contributed by atoms with Gasteiger partial charge in [0.05, 0.1) is 12.0 Å². The number of rotatable bonds is 7. The Hall–Kier alpha value is -2.42. The first-order valence-corrected chi connectivity index (χ1v) is 8.27. The predicted molar refractivity (Wildman–Crippen MR) is 87.5 cm³/mol. The number of hydrogen-bond acceptors (Lipinski definition) is 7. The molecule has 1 N–H and O–H groups in total. The van der Waals surface area contributed by atoms with Gasteiger partial charge in [0.25, 0.3) is 5.89 Å². The maximum Gasteiger partial charge on any atom is 0.437 e. The minimum Gasteiger partial charge on any atom is -0.467 e. The highest BCUT2D eigenvalue weighted by atomic mass is 32.1. The number of hydrogen-bond donors (Lipinski definition) is 1. The number of methoxy groups -OCH3 is 1. The molecule has 2 aromatic rings. The van der Waals surface area contributed by atoms with Crippen LogP contribution in [0.5, 0.6) is 0 Å². The quantitative estimate of drug-likeness (QED) is 0.752. The Kier molecular flexibility index (Phi) is 5.91. The van der Waals surface area contributed by atoms with Crippen LogP contribution in [0.25, 0.3) is 10.8 Å². The molecule has 9 heteroatoms. The third kappa shape index (κ3) is 4.54. The van der Waals surface area contributed by atoms with Crippen molar-refractivity contribution in [3.63, 3.8) is 0 Å². The van der Waals surface area contributed by atoms with E-state index in [-0.39, 0.29) is 18.4 Å². The average molecular weight is 353 g/mol. The van der Waals surface area contributed by atoms with Gasteiger partial charge in [0.2, 0.25) is 5.91 Å². The van der Waals surface area contributed by atoms with Crippen LogP contribution in [0.3, 0.4) is 0 Å². The summed E-state index contributed by atoms with van der Waals surface area (Å²) in [7, 11) is 1.26. The van der Waals surface area contributed by atoms with Crippen LogP contribution >= 0.6 is 11.3 Å². The summed E-state index contributed by atoms with van der Waals surface area (Å²) in [5.41, 5.74) is 0. The van der Waals surface area contributed by atoms with E-state index in [0.717, 1.165) is 4.68 Å². The first-order chi connectivity index (χ1) is 11.4. The van der Waals surface area contributed by atoms with Crippen LogP contribution in [0.1, 0.15) is 20.3 Å². The number of ether oxygens (including phenoxy) is 1. The summed E-state index contributed by atoms with van der Waals surface area (Å²) in [6, 6.07) is 2.80. The fourth-order valence-electron chi connectivity index (χ4n) is 2.11. The molecule has 1 atom stereocenters. The molecular formula is C15H19N3O5S. The van der Waals surface area contributed by atoms with Crippen molar-refractivity contribution in [2.45, 2.75) is 32.9 Å². The Labute approximate surface area is 142 Å². The van der Waals surface area contributed by atoms with Crippen LogP contribution < -0.4 is 11.1 Å². The van der Waals surface area contributed by atoms with E-state index in [0.29, 0.717) is 11.3 Å². The molecule has 0 fully saturated rings.